The monoisotopic (exact) mass is 661 g/mol. The summed E-state index contributed by atoms with van der Waals surface area (Å²) in [5.74, 6) is -3.68. The summed E-state index contributed by atoms with van der Waals surface area (Å²) in [5, 5.41) is 21.7. The molecule has 0 bridgehead atoms. The fourth-order valence-electron chi connectivity index (χ4n) is 7.68. The molecule has 0 amide bonds. The van der Waals surface area contributed by atoms with Crippen molar-refractivity contribution in [2.75, 3.05) is 37.7 Å². The highest BCUT2D eigenvalue weighted by Crippen LogP contribution is 2.43. The first-order chi connectivity index (χ1) is 22.4. The number of hydrogen-bond donors (Lipinski definition) is 2. The molecule has 3 aliphatic heterocycles. The van der Waals surface area contributed by atoms with E-state index in [0.717, 1.165) is 6.42 Å². The van der Waals surface area contributed by atoms with Crippen LogP contribution < -0.4 is 9.64 Å². The number of halogens is 6. The molecule has 3 fully saturated rings. The van der Waals surface area contributed by atoms with Gasteiger partial charge in [-0.05, 0) is 66.8 Å². The van der Waals surface area contributed by atoms with Crippen LogP contribution in [-0.4, -0.2) is 86.8 Å². The molecule has 250 valence electrons. The lowest BCUT2D eigenvalue weighted by Gasteiger charge is -2.37. The highest BCUT2D eigenvalue weighted by Gasteiger charge is 2.49. The zero-order valence-electron chi connectivity index (χ0n) is 25.5. The van der Waals surface area contributed by atoms with Gasteiger partial charge in [0.2, 0.25) is 0 Å². The quantitative estimate of drug-likeness (QED) is 0.240. The number of anilines is 1. The molecule has 0 aliphatic carbocycles. The predicted molar refractivity (Wildman–Crippen MR) is 162 cm³/mol. The van der Waals surface area contributed by atoms with Crippen molar-refractivity contribution in [3.63, 3.8) is 0 Å². The number of phenols is 1. The molecule has 2 aromatic heterocycles. The van der Waals surface area contributed by atoms with Crippen LogP contribution in [0.3, 0.4) is 0 Å². The van der Waals surface area contributed by atoms with Crippen molar-refractivity contribution in [1.29, 1.82) is 0 Å². The van der Waals surface area contributed by atoms with E-state index in [1.165, 1.54) is 35.4 Å². The summed E-state index contributed by atoms with van der Waals surface area (Å²) in [6.45, 7) is 1.93. The van der Waals surface area contributed by atoms with Crippen molar-refractivity contribution in [3.8, 4) is 23.0 Å². The Kier molecular flexibility index (Phi) is 7.85. The van der Waals surface area contributed by atoms with E-state index in [1.54, 1.807) is 6.92 Å². The van der Waals surface area contributed by atoms with E-state index in [0.29, 0.717) is 23.7 Å². The predicted octanol–water partition coefficient (Wildman–Crippen LogP) is 6.10. The van der Waals surface area contributed by atoms with Crippen LogP contribution in [0.4, 0.5) is 32.2 Å². The van der Waals surface area contributed by atoms with Crippen LogP contribution >= 0.6 is 0 Å². The van der Waals surface area contributed by atoms with Crippen molar-refractivity contribution in [2.45, 2.75) is 63.0 Å². The summed E-state index contributed by atoms with van der Waals surface area (Å²) in [6.07, 6.45) is -4.24. The highest BCUT2D eigenvalue weighted by molar-refractivity contribution is 6.01. The first kappa shape index (κ1) is 31.7. The molecule has 8 nitrogen and oxygen atoms in total. The summed E-state index contributed by atoms with van der Waals surface area (Å²) in [7, 11) is 0. The maximum absolute atomic E-state index is 16.7. The lowest BCUT2D eigenvalue weighted by Crippen LogP contribution is -2.48. The third-order valence-electron chi connectivity index (χ3n) is 9.83. The summed E-state index contributed by atoms with van der Waals surface area (Å²) in [5.41, 5.74) is -0.805. The van der Waals surface area contributed by atoms with E-state index in [1.807, 2.05) is 4.90 Å². The normalized spacial score (nSPS) is 25.2. The van der Waals surface area contributed by atoms with E-state index in [4.69, 9.17) is 4.74 Å². The molecule has 4 atom stereocenters. The molecule has 47 heavy (non-hydrogen) atoms. The number of nitrogens with zero attached hydrogens (tertiary/aromatic N) is 5. The van der Waals surface area contributed by atoms with E-state index < -0.39 is 54.5 Å². The molecule has 3 saturated heterocycles. The number of aromatic hydroxyl groups is 1. The number of fused-ring (bicyclic) bond motifs is 3. The molecule has 2 aromatic carbocycles. The van der Waals surface area contributed by atoms with Crippen LogP contribution in [0.1, 0.15) is 38.2 Å². The Balaban J connectivity index is 1.38. The third kappa shape index (κ3) is 5.58. The molecule has 1 unspecified atom stereocenters. The molecule has 5 heterocycles. The number of hydrogen-bond acceptors (Lipinski definition) is 8. The molecule has 2 N–H and O–H groups in total. The van der Waals surface area contributed by atoms with Crippen LogP contribution in [-0.2, 0) is 6.42 Å². The maximum Gasteiger partial charge on any atom is 0.393 e. The van der Waals surface area contributed by atoms with Crippen LogP contribution in [0.25, 0.3) is 32.9 Å². The molecular formula is C33H33F6N5O3. The third-order valence-corrected chi connectivity index (χ3v) is 9.83. The van der Waals surface area contributed by atoms with Gasteiger partial charge in [-0.2, -0.15) is 23.1 Å². The van der Waals surface area contributed by atoms with Crippen molar-refractivity contribution >= 4 is 27.5 Å². The second-order valence-electron chi connectivity index (χ2n) is 12.9. The van der Waals surface area contributed by atoms with E-state index in [9.17, 15) is 32.2 Å². The fourth-order valence-corrected chi connectivity index (χ4v) is 7.68. The van der Waals surface area contributed by atoms with Gasteiger partial charge in [-0.25, -0.2) is 13.2 Å². The minimum absolute atomic E-state index is 0.0118. The van der Waals surface area contributed by atoms with Gasteiger partial charge in [0.05, 0.1) is 22.9 Å². The lowest BCUT2D eigenvalue weighted by atomic mass is 9.94. The topological polar surface area (TPSA) is 94.8 Å². The molecule has 0 saturated carbocycles. The number of β-amino-alcohol motifs (C(OH)–C–C–N with tert-alkyl or cyclic N) is 1. The first-order valence-corrected chi connectivity index (χ1v) is 15.7. The Bertz CT molecular complexity index is 1860. The molecular weight excluding hydrogens is 628 g/mol. The Labute approximate surface area is 266 Å². The number of piperidine rings is 1. The van der Waals surface area contributed by atoms with E-state index in [-0.39, 0.29) is 77.8 Å². The second-order valence-corrected chi connectivity index (χ2v) is 12.9. The van der Waals surface area contributed by atoms with Crippen molar-refractivity contribution in [3.05, 3.63) is 47.7 Å². The molecule has 0 radical (unpaired) electrons. The highest BCUT2D eigenvalue weighted by atomic mass is 19.4. The lowest BCUT2D eigenvalue weighted by molar-refractivity contribution is -0.182. The van der Waals surface area contributed by atoms with Gasteiger partial charge in [0.25, 0.3) is 0 Å². The average molecular weight is 662 g/mol. The molecule has 7 rings (SSSR count). The zero-order chi connectivity index (χ0) is 33.2. The zero-order valence-corrected chi connectivity index (χ0v) is 25.5. The van der Waals surface area contributed by atoms with Gasteiger partial charge in [-0.1, -0.05) is 13.0 Å². The number of rotatable bonds is 6. The van der Waals surface area contributed by atoms with E-state index in [2.05, 4.69) is 15.0 Å². The van der Waals surface area contributed by atoms with Gasteiger partial charge >= 0.3 is 12.2 Å². The largest absolute Gasteiger partial charge is 0.508 e. The number of alkyl halides is 4. The number of aromatic nitrogens is 3. The number of phenolic OH excluding ortho intramolecular Hbond substituents is 1. The Hall–Kier alpha value is -3.91. The summed E-state index contributed by atoms with van der Waals surface area (Å²) < 4.78 is 93.7. The SMILES string of the molecule is CCc1c(F)ccc2cc(O)cc(-c3ncc4c(N5C[C@H](O)C[C@H](C(F)(F)F)C5)nc(OC[C@@]56CCCN5CC(F)C6)nc4c3F)c12. The van der Waals surface area contributed by atoms with Crippen molar-refractivity contribution in [1.82, 2.24) is 19.9 Å². The van der Waals surface area contributed by atoms with Crippen molar-refractivity contribution in [2.24, 2.45) is 5.92 Å². The minimum atomic E-state index is -4.60. The van der Waals surface area contributed by atoms with Gasteiger partial charge in [0, 0.05) is 37.8 Å². The standard InChI is InChI=1S/C33H33F6N5O3/c1-2-22-25(35)5-4-17-8-20(45)10-23(26(17)22)28-27(36)29-24(12-40-28)30(43-13-18(33(37,38)39)9-21(46)15-43)42-31(41-29)47-16-32-6-3-7-44(32)14-19(34)11-32/h4-5,8,10,12,18-19,21,45-46H,2-3,6-7,9,11,13-16H2,1H3/t18-,19?,21+,32-/m0/s1. The summed E-state index contributed by atoms with van der Waals surface area (Å²) in [6, 6.07) is 5.11. The smallest absolute Gasteiger partial charge is 0.393 e. The number of aliphatic hydroxyl groups excluding tert-OH is 1. The maximum atomic E-state index is 16.7. The summed E-state index contributed by atoms with van der Waals surface area (Å²) >= 11 is 0. The summed E-state index contributed by atoms with van der Waals surface area (Å²) in [4.78, 5) is 16.3. The second kappa shape index (κ2) is 11.7. The van der Waals surface area contributed by atoms with Gasteiger partial charge < -0.3 is 19.8 Å². The Morgan fingerprint density at radius 3 is 2.68 bits per heavy atom. The van der Waals surface area contributed by atoms with Crippen LogP contribution in [0, 0.1) is 17.6 Å². The molecule has 14 heteroatoms. The number of benzene rings is 2. The van der Waals surface area contributed by atoms with Crippen LogP contribution in [0.15, 0.2) is 30.5 Å². The van der Waals surface area contributed by atoms with Crippen molar-refractivity contribution < 1.29 is 41.3 Å². The minimum Gasteiger partial charge on any atom is -0.508 e. The number of ether oxygens (including phenoxy) is 1. The fraction of sp³-hybridized carbons (Fsp3) is 0.485. The van der Waals surface area contributed by atoms with Gasteiger partial charge in [-0.15, -0.1) is 0 Å². The number of aliphatic hydroxyl groups is 1. The van der Waals surface area contributed by atoms with Crippen LogP contribution in [0.5, 0.6) is 11.8 Å². The first-order valence-electron chi connectivity index (χ1n) is 15.7. The molecule has 0 spiro atoms. The molecule has 3 aliphatic rings. The van der Waals surface area contributed by atoms with Gasteiger partial charge in [0.15, 0.2) is 5.82 Å². The van der Waals surface area contributed by atoms with E-state index >= 15 is 4.39 Å². The molecule has 4 aromatic rings. The van der Waals surface area contributed by atoms with Gasteiger partial charge in [-0.3, -0.25) is 9.88 Å². The Morgan fingerprint density at radius 2 is 1.91 bits per heavy atom. The van der Waals surface area contributed by atoms with Gasteiger partial charge in [0.1, 0.15) is 41.4 Å². The number of aryl methyl sites for hydroxylation is 1. The number of pyridine rings is 1. The van der Waals surface area contributed by atoms with Crippen LogP contribution in [0.2, 0.25) is 0 Å². The average Bonchev–Trinajstić information content (AvgIpc) is 3.55. The Morgan fingerprint density at radius 1 is 1.11 bits per heavy atom.